The third kappa shape index (κ3) is 3.43. The van der Waals surface area contributed by atoms with Crippen molar-refractivity contribution in [2.75, 3.05) is 0 Å². The predicted molar refractivity (Wildman–Crippen MR) is 70.4 cm³/mol. The van der Waals surface area contributed by atoms with Gasteiger partial charge in [0.05, 0.1) is 4.92 Å². The van der Waals surface area contributed by atoms with Crippen molar-refractivity contribution < 1.29 is 9.66 Å². The highest BCUT2D eigenvalue weighted by Gasteiger charge is 2.26. The number of nitro groups is 1. The van der Waals surface area contributed by atoms with Crippen LogP contribution in [-0.4, -0.2) is 10.5 Å². The minimum absolute atomic E-state index is 0.00694. The second kappa shape index (κ2) is 5.49. The Balaban J connectivity index is 3.10. The summed E-state index contributed by atoms with van der Waals surface area (Å²) in [5, 5.41) is 10.9. The minimum Gasteiger partial charge on any atom is -0.481 e. The highest BCUT2D eigenvalue weighted by molar-refractivity contribution is 9.10. The fourth-order valence-corrected chi connectivity index (χ4v) is 1.73. The number of hydrogen-bond donors (Lipinski definition) is 0. The molecule has 0 saturated heterocycles. The van der Waals surface area contributed by atoms with Gasteiger partial charge in [-0.25, -0.2) is 0 Å². The molecule has 0 bridgehead atoms. The maximum atomic E-state index is 10.9. The lowest BCUT2D eigenvalue weighted by molar-refractivity contribution is -0.386. The van der Waals surface area contributed by atoms with E-state index >= 15 is 0 Å². The van der Waals surface area contributed by atoms with Gasteiger partial charge in [-0.15, -0.1) is 0 Å². The summed E-state index contributed by atoms with van der Waals surface area (Å²) in [6.45, 7) is 5.97. The molecule has 5 heteroatoms. The van der Waals surface area contributed by atoms with E-state index in [-0.39, 0.29) is 11.3 Å². The van der Waals surface area contributed by atoms with Crippen LogP contribution in [0.1, 0.15) is 33.6 Å². The van der Waals surface area contributed by atoms with Gasteiger partial charge in [0, 0.05) is 10.5 Å². The van der Waals surface area contributed by atoms with E-state index in [0.29, 0.717) is 10.2 Å². The Morgan fingerprint density at radius 3 is 2.47 bits per heavy atom. The third-order valence-corrected chi connectivity index (χ3v) is 3.46. The number of benzene rings is 1. The molecule has 0 saturated carbocycles. The quantitative estimate of drug-likeness (QED) is 0.601. The summed E-state index contributed by atoms with van der Waals surface area (Å²) in [5.74, 6) is 0.324. The second-order valence-corrected chi connectivity index (χ2v) is 5.04. The van der Waals surface area contributed by atoms with Gasteiger partial charge in [-0.05, 0) is 31.9 Å². The van der Waals surface area contributed by atoms with Crippen LogP contribution in [0, 0.1) is 10.1 Å². The monoisotopic (exact) mass is 301 g/mol. The summed E-state index contributed by atoms with van der Waals surface area (Å²) in [7, 11) is 0. The Labute approximate surface area is 109 Å². The molecule has 0 N–H and O–H groups in total. The van der Waals surface area contributed by atoms with Gasteiger partial charge in [-0.1, -0.05) is 29.8 Å². The average Bonchev–Trinajstić information content (AvgIpc) is 2.31. The molecule has 0 amide bonds. The van der Waals surface area contributed by atoms with Crippen molar-refractivity contribution >= 4 is 21.6 Å². The summed E-state index contributed by atoms with van der Waals surface area (Å²) in [5.41, 5.74) is -0.369. The Morgan fingerprint density at radius 1 is 1.41 bits per heavy atom. The van der Waals surface area contributed by atoms with Crippen molar-refractivity contribution in [3.8, 4) is 5.75 Å². The first-order valence-electron chi connectivity index (χ1n) is 5.55. The van der Waals surface area contributed by atoms with Crippen LogP contribution >= 0.6 is 15.9 Å². The topological polar surface area (TPSA) is 52.4 Å². The molecule has 0 aliphatic rings. The molecule has 0 heterocycles. The van der Waals surface area contributed by atoms with Crippen LogP contribution in [0.3, 0.4) is 0 Å². The van der Waals surface area contributed by atoms with Crippen molar-refractivity contribution in [3.63, 3.8) is 0 Å². The van der Waals surface area contributed by atoms with Crippen LogP contribution in [-0.2, 0) is 0 Å². The highest BCUT2D eigenvalue weighted by atomic mass is 79.9. The first-order valence-corrected chi connectivity index (χ1v) is 6.34. The number of rotatable bonds is 5. The largest absolute Gasteiger partial charge is 0.481 e. The van der Waals surface area contributed by atoms with Crippen LogP contribution in [0.4, 0.5) is 5.69 Å². The lowest BCUT2D eigenvalue weighted by Crippen LogP contribution is -2.30. The normalized spacial score (nSPS) is 11.3. The van der Waals surface area contributed by atoms with Crippen LogP contribution in [0.5, 0.6) is 5.75 Å². The zero-order chi connectivity index (χ0) is 13.1. The van der Waals surface area contributed by atoms with Crippen LogP contribution in [0.15, 0.2) is 22.7 Å². The fourth-order valence-electron chi connectivity index (χ4n) is 1.38. The highest BCUT2D eigenvalue weighted by Crippen LogP contribution is 2.34. The van der Waals surface area contributed by atoms with Crippen molar-refractivity contribution in [1.29, 1.82) is 0 Å². The molecule has 0 unspecified atom stereocenters. The van der Waals surface area contributed by atoms with Gasteiger partial charge in [-0.3, -0.25) is 10.1 Å². The summed E-state index contributed by atoms with van der Waals surface area (Å²) in [6.07, 6.45) is 1.60. The van der Waals surface area contributed by atoms with Crippen molar-refractivity contribution in [2.24, 2.45) is 0 Å². The molecule has 0 aromatic heterocycles. The summed E-state index contributed by atoms with van der Waals surface area (Å²) >= 11 is 3.22. The molecule has 1 aromatic rings. The van der Waals surface area contributed by atoms with E-state index in [2.05, 4.69) is 15.9 Å². The van der Waals surface area contributed by atoms with Gasteiger partial charge in [-0.2, -0.15) is 0 Å². The van der Waals surface area contributed by atoms with Gasteiger partial charge in [0.25, 0.3) is 0 Å². The summed E-state index contributed by atoms with van der Waals surface area (Å²) < 4.78 is 6.46. The number of hydrogen-bond acceptors (Lipinski definition) is 3. The summed E-state index contributed by atoms with van der Waals surface area (Å²) in [4.78, 5) is 10.5. The van der Waals surface area contributed by atoms with Crippen molar-refractivity contribution in [2.45, 2.75) is 39.2 Å². The van der Waals surface area contributed by atoms with Gasteiger partial charge in [0.1, 0.15) is 5.60 Å². The van der Waals surface area contributed by atoms with Gasteiger partial charge < -0.3 is 4.74 Å². The Hall–Kier alpha value is -1.10. The SMILES string of the molecule is CCC(C)(CC)Oc1ccc(Br)cc1[N+](=O)[O-]. The lowest BCUT2D eigenvalue weighted by atomic mass is 10.00. The first-order chi connectivity index (χ1) is 7.91. The minimum atomic E-state index is -0.425. The van der Waals surface area contributed by atoms with Crippen LogP contribution in [0.2, 0.25) is 0 Å². The first kappa shape index (κ1) is 14.0. The number of nitrogens with zero attached hydrogens (tertiary/aromatic N) is 1. The molecule has 0 fully saturated rings. The molecule has 0 spiro atoms. The maximum absolute atomic E-state index is 10.9. The Morgan fingerprint density at radius 2 is 2.00 bits per heavy atom. The van der Waals surface area contributed by atoms with E-state index in [9.17, 15) is 10.1 Å². The van der Waals surface area contributed by atoms with Gasteiger partial charge in [0.2, 0.25) is 0 Å². The molecule has 17 heavy (non-hydrogen) atoms. The molecule has 94 valence electrons. The lowest BCUT2D eigenvalue weighted by Gasteiger charge is -2.28. The zero-order valence-corrected chi connectivity index (χ0v) is 11.8. The Kier molecular flexibility index (Phi) is 4.51. The van der Waals surface area contributed by atoms with Crippen LogP contribution < -0.4 is 4.74 Å². The van der Waals surface area contributed by atoms with E-state index in [4.69, 9.17) is 4.74 Å². The maximum Gasteiger partial charge on any atom is 0.312 e. The van der Waals surface area contributed by atoms with Gasteiger partial charge >= 0.3 is 5.69 Å². The standard InChI is InChI=1S/C12H16BrNO3/c1-4-12(3,5-2)17-11-7-6-9(13)8-10(11)14(15)16/h6-8H,4-5H2,1-3H3. The third-order valence-electron chi connectivity index (χ3n) is 2.97. The zero-order valence-electron chi connectivity index (χ0n) is 10.2. The second-order valence-electron chi connectivity index (χ2n) is 4.13. The Bertz CT molecular complexity index is 416. The van der Waals surface area contributed by atoms with E-state index in [0.717, 1.165) is 12.8 Å². The molecular weight excluding hydrogens is 286 g/mol. The number of halogens is 1. The number of ether oxygens (including phenoxy) is 1. The van der Waals surface area contributed by atoms with Crippen molar-refractivity contribution in [3.05, 3.63) is 32.8 Å². The number of nitro benzene ring substituents is 1. The molecule has 1 rings (SSSR count). The molecule has 1 aromatic carbocycles. The molecule has 0 atom stereocenters. The molecular formula is C12H16BrNO3. The van der Waals surface area contributed by atoms with E-state index in [1.165, 1.54) is 6.07 Å². The average molecular weight is 302 g/mol. The van der Waals surface area contributed by atoms with E-state index in [1.807, 2.05) is 20.8 Å². The predicted octanol–water partition coefficient (Wildman–Crippen LogP) is 4.31. The summed E-state index contributed by atoms with van der Waals surface area (Å²) in [6, 6.07) is 4.83. The van der Waals surface area contributed by atoms with E-state index < -0.39 is 4.92 Å². The van der Waals surface area contributed by atoms with Gasteiger partial charge in [0.15, 0.2) is 5.75 Å². The molecule has 0 aliphatic heterocycles. The molecule has 0 aliphatic carbocycles. The van der Waals surface area contributed by atoms with Crippen molar-refractivity contribution in [1.82, 2.24) is 0 Å². The smallest absolute Gasteiger partial charge is 0.312 e. The molecule has 4 nitrogen and oxygen atoms in total. The van der Waals surface area contributed by atoms with E-state index in [1.54, 1.807) is 12.1 Å². The van der Waals surface area contributed by atoms with Crippen LogP contribution in [0.25, 0.3) is 0 Å². The molecule has 0 radical (unpaired) electrons. The fraction of sp³-hybridized carbons (Fsp3) is 0.500.